The number of aromatic nitrogens is 2. The van der Waals surface area contributed by atoms with Crippen LogP contribution in [0, 0.1) is 11.7 Å². The van der Waals surface area contributed by atoms with Crippen LogP contribution in [0.3, 0.4) is 0 Å². The summed E-state index contributed by atoms with van der Waals surface area (Å²) in [4.78, 5) is 26.2. The quantitative estimate of drug-likeness (QED) is 0.438. The predicted molar refractivity (Wildman–Crippen MR) is 139 cm³/mol. The summed E-state index contributed by atoms with van der Waals surface area (Å²) in [7, 11) is -2.41. The molecule has 0 spiro atoms. The molecule has 14 heteroatoms. The van der Waals surface area contributed by atoms with Crippen molar-refractivity contribution in [2.45, 2.75) is 23.2 Å². The van der Waals surface area contributed by atoms with E-state index < -0.39 is 27.9 Å². The summed E-state index contributed by atoms with van der Waals surface area (Å²) in [6, 6.07) is 3.07. The molecule has 1 unspecified atom stereocenters. The maximum atomic E-state index is 13.8. The first-order valence-corrected chi connectivity index (χ1v) is 14.8. The number of halogens is 2. The van der Waals surface area contributed by atoms with Gasteiger partial charge in [0.15, 0.2) is 10.8 Å². The minimum Gasteiger partial charge on any atom is -0.466 e. The summed E-state index contributed by atoms with van der Waals surface area (Å²) in [5.74, 6) is -0.873. The third kappa shape index (κ3) is 5.06. The molecule has 2 aromatic heterocycles. The Kier molecular flexibility index (Phi) is 7.41. The number of nitrogens with one attached hydrogen (secondary N) is 1. The van der Waals surface area contributed by atoms with Gasteiger partial charge in [0.2, 0.25) is 4.34 Å². The predicted octanol–water partition coefficient (Wildman–Crippen LogP) is 4.01. The molecule has 9 nitrogen and oxygen atoms in total. The zero-order chi connectivity index (χ0) is 26.2. The number of aliphatic imine (C=N–C) groups is 1. The number of hydrogen-bond acceptors (Lipinski definition) is 10. The van der Waals surface area contributed by atoms with Crippen LogP contribution < -0.4 is 5.32 Å². The number of piperidine rings is 1. The van der Waals surface area contributed by atoms with Gasteiger partial charge >= 0.3 is 5.97 Å². The number of rotatable bonds is 6. The lowest BCUT2D eigenvalue weighted by Crippen LogP contribution is -2.43. The van der Waals surface area contributed by atoms with E-state index in [9.17, 15) is 17.6 Å². The highest BCUT2D eigenvalue weighted by atomic mass is 35.5. The molecular weight excluding hydrogens is 561 g/mol. The van der Waals surface area contributed by atoms with Gasteiger partial charge < -0.3 is 10.1 Å². The van der Waals surface area contributed by atoms with Crippen LogP contribution in [0.5, 0.6) is 0 Å². The van der Waals surface area contributed by atoms with Crippen LogP contribution in [0.4, 0.5) is 4.39 Å². The second-order valence-electron chi connectivity index (χ2n) is 8.30. The van der Waals surface area contributed by atoms with E-state index in [1.165, 1.54) is 47.1 Å². The summed E-state index contributed by atoms with van der Waals surface area (Å²) >= 11 is 8.85. The molecule has 37 heavy (non-hydrogen) atoms. The van der Waals surface area contributed by atoms with Crippen molar-refractivity contribution in [1.82, 2.24) is 19.6 Å². The van der Waals surface area contributed by atoms with Gasteiger partial charge in [-0.3, -0.25) is 4.99 Å². The minimum absolute atomic E-state index is 0.0559. The van der Waals surface area contributed by atoms with Crippen LogP contribution in [0.15, 0.2) is 62.0 Å². The van der Waals surface area contributed by atoms with E-state index in [-0.39, 0.29) is 33.9 Å². The molecule has 1 N–H and O–H groups in total. The Hall–Kier alpha value is -2.71. The van der Waals surface area contributed by atoms with Crippen molar-refractivity contribution in [2.75, 3.05) is 20.2 Å². The van der Waals surface area contributed by atoms with Crippen molar-refractivity contribution in [3.05, 3.63) is 74.0 Å². The van der Waals surface area contributed by atoms with Gasteiger partial charge in [-0.1, -0.05) is 17.7 Å². The standard InChI is InChI=1S/C23H21ClFN5O4S3/c1-34-22(31)17-18(13-4-8-30(9-5-13)37(32,33)23-27-7-11-36-23)28-20(21-26-6-10-35-21)29-19(17)15-3-2-14(25)12-16(15)24/h2-3,6-7,10-13,19H,4-5,8-9H2,1H3,(H,28,29). The SMILES string of the molecule is COC(=O)C1=C(C2CCN(S(=O)(=O)c3nccs3)CC2)NC(c2nccs2)=NC1c1ccc(F)cc1Cl. The largest absolute Gasteiger partial charge is 0.466 e. The highest BCUT2D eigenvalue weighted by molar-refractivity contribution is 7.91. The maximum Gasteiger partial charge on any atom is 0.338 e. The number of methoxy groups -OCH3 is 1. The van der Waals surface area contributed by atoms with Crippen molar-refractivity contribution >= 4 is 56.1 Å². The molecule has 4 heterocycles. The second kappa shape index (κ2) is 10.6. The maximum absolute atomic E-state index is 13.8. The van der Waals surface area contributed by atoms with Crippen molar-refractivity contribution in [1.29, 1.82) is 0 Å². The first-order valence-electron chi connectivity index (χ1n) is 11.2. The van der Waals surface area contributed by atoms with Crippen molar-refractivity contribution in [3.8, 4) is 0 Å². The molecule has 3 aromatic rings. The topological polar surface area (TPSA) is 114 Å². The van der Waals surface area contributed by atoms with Crippen LogP contribution in [0.1, 0.15) is 29.5 Å². The number of benzene rings is 1. The van der Waals surface area contributed by atoms with Gasteiger partial charge in [-0.25, -0.2) is 27.6 Å². The Balaban J connectivity index is 1.53. The molecule has 1 saturated heterocycles. The van der Waals surface area contributed by atoms with Gasteiger partial charge in [-0.2, -0.15) is 4.31 Å². The van der Waals surface area contributed by atoms with E-state index in [0.717, 1.165) is 11.3 Å². The zero-order valence-corrected chi connectivity index (χ0v) is 22.6. The fourth-order valence-electron chi connectivity index (χ4n) is 4.45. The number of esters is 1. The van der Waals surface area contributed by atoms with Gasteiger partial charge in [-0.05, 0) is 25.0 Å². The first kappa shape index (κ1) is 25.9. The number of sulfonamides is 1. The fourth-order valence-corrected chi connectivity index (χ4v) is 7.75. The number of carbonyl (C=O) groups excluding carboxylic acids is 1. The molecule has 2 aliphatic rings. The van der Waals surface area contributed by atoms with Gasteiger partial charge in [0, 0.05) is 58.4 Å². The minimum atomic E-state index is -3.69. The Morgan fingerprint density at radius 2 is 1.92 bits per heavy atom. The van der Waals surface area contributed by atoms with Gasteiger partial charge in [0.25, 0.3) is 10.0 Å². The molecule has 1 atom stereocenters. The Labute approximate surface area is 225 Å². The number of hydrogen-bond donors (Lipinski definition) is 1. The molecule has 0 bridgehead atoms. The lowest BCUT2D eigenvalue weighted by Gasteiger charge is -2.35. The zero-order valence-electron chi connectivity index (χ0n) is 19.4. The van der Waals surface area contributed by atoms with Crippen LogP contribution >= 0.6 is 34.3 Å². The van der Waals surface area contributed by atoms with Crippen LogP contribution in [0.25, 0.3) is 0 Å². The lowest BCUT2D eigenvalue weighted by molar-refractivity contribution is -0.136. The summed E-state index contributed by atoms with van der Waals surface area (Å²) in [6.45, 7) is 0.496. The van der Waals surface area contributed by atoms with Crippen molar-refractivity contribution in [2.24, 2.45) is 10.9 Å². The Morgan fingerprint density at radius 3 is 2.54 bits per heavy atom. The van der Waals surface area contributed by atoms with Crippen molar-refractivity contribution in [3.63, 3.8) is 0 Å². The monoisotopic (exact) mass is 581 g/mol. The van der Waals surface area contributed by atoms with Gasteiger partial charge in [0.05, 0.1) is 12.7 Å². The number of amidine groups is 1. The molecular formula is C23H21ClFN5O4S3. The van der Waals surface area contributed by atoms with Crippen LogP contribution in [-0.4, -0.2) is 54.7 Å². The third-order valence-corrected chi connectivity index (χ3v) is 10.4. The molecule has 5 rings (SSSR count). The molecule has 1 fully saturated rings. The number of ether oxygens (including phenoxy) is 1. The third-order valence-electron chi connectivity index (χ3n) is 6.20. The molecule has 1 aromatic carbocycles. The second-order valence-corrected chi connectivity index (χ2v) is 12.6. The van der Waals surface area contributed by atoms with E-state index in [2.05, 4.69) is 15.3 Å². The van der Waals surface area contributed by atoms with Crippen LogP contribution in [-0.2, 0) is 19.6 Å². The molecule has 0 amide bonds. The summed E-state index contributed by atoms with van der Waals surface area (Å²) in [5, 5.41) is 7.44. The Bertz CT molecular complexity index is 1470. The first-order chi connectivity index (χ1) is 17.8. The van der Waals surface area contributed by atoms with Crippen molar-refractivity contribution < 1.29 is 22.3 Å². The number of allylic oxidation sites excluding steroid dienone is 1. The summed E-state index contributed by atoms with van der Waals surface area (Å²) in [6.07, 6.45) is 4.00. The summed E-state index contributed by atoms with van der Waals surface area (Å²) in [5.41, 5.74) is 1.27. The van der Waals surface area contributed by atoms with Gasteiger partial charge in [-0.15, -0.1) is 22.7 Å². The van der Waals surface area contributed by atoms with Crippen LogP contribution in [0.2, 0.25) is 5.02 Å². The number of thiazole rings is 2. The molecule has 2 aliphatic heterocycles. The summed E-state index contributed by atoms with van der Waals surface area (Å²) < 4.78 is 46.4. The molecule has 0 aliphatic carbocycles. The Morgan fingerprint density at radius 1 is 1.19 bits per heavy atom. The average Bonchev–Trinajstić information content (AvgIpc) is 3.63. The highest BCUT2D eigenvalue weighted by Crippen LogP contribution is 2.40. The smallest absolute Gasteiger partial charge is 0.338 e. The normalized spacial score (nSPS) is 19.4. The van der Waals surface area contributed by atoms with E-state index >= 15 is 0 Å². The van der Waals surface area contributed by atoms with E-state index in [0.29, 0.717) is 34.9 Å². The highest BCUT2D eigenvalue weighted by Gasteiger charge is 2.39. The molecule has 0 radical (unpaired) electrons. The average molecular weight is 582 g/mol. The lowest BCUT2D eigenvalue weighted by atomic mass is 9.86. The number of nitrogens with zero attached hydrogens (tertiary/aromatic N) is 4. The fraction of sp³-hybridized carbons (Fsp3) is 0.304. The molecule has 0 saturated carbocycles. The van der Waals surface area contributed by atoms with E-state index in [4.69, 9.17) is 21.3 Å². The van der Waals surface area contributed by atoms with Gasteiger partial charge in [0.1, 0.15) is 11.9 Å². The van der Waals surface area contributed by atoms with E-state index in [1.807, 2.05) is 0 Å². The van der Waals surface area contributed by atoms with E-state index in [1.54, 1.807) is 17.0 Å². The number of carbonyl (C=O) groups is 1. The molecule has 194 valence electrons.